The first-order valence-electron chi connectivity index (χ1n) is 4.89. The van der Waals surface area contributed by atoms with Crippen molar-refractivity contribution in [1.29, 1.82) is 0 Å². The fourth-order valence-electron chi connectivity index (χ4n) is 0.856. The fraction of sp³-hybridized carbons (Fsp3) is 0.455. The SMILES string of the molecule is COc1ccc(/C=N/[S@+]([O-])C(C)(C)C)cn1. The van der Waals surface area contributed by atoms with Gasteiger partial charge in [0.05, 0.1) is 13.3 Å². The highest BCUT2D eigenvalue weighted by Crippen LogP contribution is 2.16. The number of nitrogens with zero attached hydrogens (tertiary/aromatic N) is 2. The number of rotatable bonds is 3. The van der Waals surface area contributed by atoms with E-state index in [-0.39, 0.29) is 4.75 Å². The second kappa shape index (κ2) is 5.32. The van der Waals surface area contributed by atoms with Gasteiger partial charge in [0, 0.05) is 17.8 Å². The number of pyridine rings is 1. The quantitative estimate of drug-likeness (QED) is 0.599. The summed E-state index contributed by atoms with van der Waals surface area (Å²) < 4.78 is 20.2. The van der Waals surface area contributed by atoms with Crippen molar-refractivity contribution in [2.45, 2.75) is 25.5 Å². The largest absolute Gasteiger partial charge is 0.591 e. The van der Waals surface area contributed by atoms with Crippen molar-refractivity contribution in [3.8, 4) is 5.88 Å². The Balaban J connectivity index is 2.69. The van der Waals surface area contributed by atoms with Gasteiger partial charge in [-0.15, -0.1) is 0 Å². The van der Waals surface area contributed by atoms with Crippen molar-refractivity contribution < 1.29 is 9.29 Å². The molecule has 0 N–H and O–H groups in total. The van der Waals surface area contributed by atoms with E-state index in [0.29, 0.717) is 5.88 Å². The van der Waals surface area contributed by atoms with Gasteiger partial charge in [-0.1, -0.05) is 4.40 Å². The highest BCUT2D eigenvalue weighted by atomic mass is 32.2. The maximum absolute atomic E-state index is 11.6. The maximum Gasteiger partial charge on any atom is 0.212 e. The molecule has 1 rings (SSSR count). The van der Waals surface area contributed by atoms with E-state index < -0.39 is 11.4 Å². The van der Waals surface area contributed by atoms with Crippen LogP contribution in [0.1, 0.15) is 26.3 Å². The summed E-state index contributed by atoms with van der Waals surface area (Å²) in [5.74, 6) is 0.550. The van der Waals surface area contributed by atoms with E-state index in [1.54, 1.807) is 25.6 Å². The lowest BCUT2D eigenvalue weighted by molar-refractivity contribution is 0.398. The van der Waals surface area contributed by atoms with Crippen LogP contribution in [-0.4, -0.2) is 27.6 Å². The molecule has 0 aliphatic heterocycles. The number of aromatic nitrogens is 1. The third-order valence-corrected chi connectivity index (χ3v) is 3.13. The van der Waals surface area contributed by atoms with Gasteiger partial charge < -0.3 is 9.29 Å². The second-order valence-corrected chi connectivity index (χ2v) is 6.16. The lowest BCUT2D eigenvalue weighted by atomic mass is 10.3. The molecular formula is C11H16N2O2S. The van der Waals surface area contributed by atoms with Gasteiger partial charge in [-0.05, 0) is 26.8 Å². The van der Waals surface area contributed by atoms with Gasteiger partial charge in [0.1, 0.15) is 16.1 Å². The standard InChI is InChI=1S/C11H16N2O2S/c1-11(2,3)16(14)13-8-9-5-6-10(15-4)12-7-9/h5-8H,1-4H3/b13-8+/t16-/m1/s1. The van der Waals surface area contributed by atoms with E-state index in [1.807, 2.05) is 26.8 Å². The highest BCUT2D eigenvalue weighted by molar-refractivity contribution is 7.91. The minimum Gasteiger partial charge on any atom is -0.591 e. The van der Waals surface area contributed by atoms with Crippen LogP contribution in [0.2, 0.25) is 0 Å². The molecule has 0 amide bonds. The summed E-state index contributed by atoms with van der Waals surface area (Å²) in [6.45, 7) is 5.65. The number of ether oxygens (including phenoxy) is 1. The molecule has 1 aromatic heterocycles. The first-order chi connectivity index (χ1) is 7.43. The van der Waals surface area contributed by atoms with Crippen LogP contribution in [0.15, 0.2) is 22.7 Å². The topological polar surface area (TPSA) is 57.5 Å². The van der Waals surface area contributed by atoms with Crippen LogP contribution in [0.25, 0.3) is 0 Å². The van der Waals surface area contributed by atoms with Gasteiger partial charge >= 0.3 is 0 Å². The van der Waals surface area contributed by atoms with Crippen LogP contribution in [-0.2, 0) is 11.4 Å². The third kappa shape index (κ3) is 3.83. The molecule has 1 heterocycles. The zero-order chi connectivity index (χ0) is 12.2. The average molecular weight is 240 g/mol. The summed E-state index contributed by atoms with van der Waals surface area (Å²) in [6.07, 6.45) is 3.19. The molecule has 0 fully saturated rings. The predicted octanol–water partition coefficient (Wildman–Crippen LogP) is 1.97. The third-order valence-electron chi connectivity index (χ3n) is 1.79. The summed E-state index contributed by atoms with van der Waals surface area (Å²) in [5.41, 5.74) is 0.804. The summed E-state index contributed by atoms with van der Waals surface area (Å²) in [7, 11) is 1.56. The molecule has 1 aromatic rings. The maximum atomic E-state index is 11.6. The molecule has 0 aromatic carbocycles. The second-order valence-electron chi connectivity index (χ2n) is 4.23. The smallest absolute Gasteiger partial charge is 0.212 e. The zero-order valence-corrected chi connectivity index (χ0v) is 10.7. The fourth-order valence-corrected chi connectivity index (χ4v) is 1.39. The van der Waals surface area contributed by atoms with Gasteiger partial charge in [-0.3, -0.25) is 0 Å². The van der Waals surface area contributed by atoms with Gasteiger partial charge in [0.25, 0.3) is 0 Å². The molecule has 16 heavy (non-hydrogen) atoms. The van der Waals surface area contributed by atoms with Gasteiger partial charge in [-0.2, -0.15) is 0 Å². The van der Waals surface area contributed by atoms with Gasteiger partial charge in [-0.25, -0.2) is 4.98 Å². The Kier molecular flexibility index (Phi) is 4.32. The van der Waals surface area contributed by atoms with Crippen LogP contribution in [0.4, 0.5) is 0 Å². The lowest BCUT2D eigenvalue weighted by Crippen LogP contribution is -2.25. The minimum atomic E-state index is -1.23. The van der Waals surface area contributed by atoms with E-state index in [1.165, 1.54) is 0 Å². The van der Waals surface area contributed by atoms with Crippen LogP contribution in [0.5, 0.6) is 5.88 Å². The Hall–Kier alpha value is -1.07. The van der Waals surface area contributed by atoms with E-state index in [0.717, 1.165) is 5.56 Å². The zero-order valence-electron chi connectivity index (χ0n) is 9.93. The Morgan fingerprint density at radius 3 is 2.56 bits per heavy atom. The molecule has 0 aliphatic rings. The number of hydrogen-bond donors (Lipinski definition) is 0. The van der Waals surface area contributed by atoms with Gasteiger partial charge in [0.2, 0.25) is 5.88 Å². The Morgan fingerprint density at radius 1 is 1.44 bits per heavy atom. The molecule has 0 aliphatic carbocycles. The van der Waals surface area contributed by atoms with E-state index in [4.69, 9.17) is 4.74 Å². The molecule has 5 heteroatoms. The molecule has 0 spiro atoms. The first kappa shape index (κ1) is 13.0. The minimum absolute atomic E-state index is 0.337. The Labute approximate surface area is 99.1 Å². The van der Waals surface area contributed by atoms with Crippen molar-refractivity contribution in [2.75, 3.05) is 7.11 Å². The molecule has 1 atom stereocenters. The summed E-state index contributed by atoms with van der Waals surface area (Å²) in [5, 5.41) is 0. The molecular weight excluding hydrogens is 224 g/mol. The van der Waals surface area contributed by atoms with E-state index in [9.17, 15) is 4.55 Å². The van der Waals surface area contributed by atoms with Gasteiger partial charge in [0.15, 0.2) is 0 Å². The molecule has 4 nitrogen and oxygen atoms in total. The van der Waals surface area contributed by atoms with Crippen LogP contribution in [0.3, 0.4) is 0 Å². The van der Waals surface area contributed by atoms with E-state index in [2.05, 4.69) is 9.38 Å². The van der Waals surface area contributed by atoms with Crippen molar-refractivity contribution in [3.63, 3.8) is 0 Å². The molecule has 0 radical (unpaired) electrons. The van der Waals surface area contributed by atoms with Crippen molar-refractivity contribution in [2.24, 2.45) is 4.40 Å². The Morgan fingerprint density at radius 2 is 2.12 bits per heavy atom. The highest BCUT2D eigenvalue weighted by Gasteiger charge is 2.25. The Bertz CT molecular complexity index is 357. The van der Waals surface area contributed by atoms with Crippen molar-refractivity contribution >= 4 is 17.6 Å². The van der Waals surface area contributed by atoms with Crippen molar-refractivity contribution in [1.82, 2.24) is 4.98 Å². The predicted molar refractivity (Wildman–Crippen MR) is 66.3 cm³/mol. The normalized spacial score (nSPS) is 14.1. The molecule has 0 unspecified atom stereocenters. The van der Waals surface area contributed by atoms with Crippen molar-refractivity contribution in [3.05, 3.63) is 23.9 Å². The first-order valence-corrected chi connectivity index (χ1v) is 6.00. The van der Waals surface area contributed by atoms with Crippen LogP contribution >= 0.6 is 0 Å². The lowest BCUT2D eigenvalue weighted by Gasteiger charge is -2.17. The number of hydrogen-bond acceptors (Lipinski definition) is 4. The summed E-state index contributed by atoms with van der Waals surface area (Å²) in [6, 6.07) is 3.55. The number of methoxy groups -OCH3 is 1. The average Bonchev–Trinajstić information content (AvgIpc) is 2.25. The van der Waals surface area contributed by atoms with E-state index >= 15 is 0 Å². The monoisotopic (exact) mass is 240 g/mol. The van der Waals surface area contributed by atoms with Crippen LogP contribution < -0.4 is 4.74 Å². The molecule has 88 valence electrons. The molecule has 0 saturated carbocycles. The molecule has 0 bridgehead atoms. The molecule has 0 saturated heterocycles. The summed E-state index contributed by atoms with van der Waals surface area (Å²) >= 11 is -1.23. The van der Waals surface area contributed by atoms with Crippen LogP contribution in [0, 0.1) is 0 Å². The summed E-state index contributed by atoms with van der Waals surface area (Å²) in [4.78, 5) is 4.02.